The van der Waals surface area contributed by atoms with Crippen LogP contribution >= 0.6 is 0 Å². The van der Waals surface area contributed by atoms with Crippen LogP contribution in [0, 0.1) is 16.2 Å². The van der Waals surface area contributed by atoms with Gasteiger partial charge in [0.25, 0.3) is 0 Å². The Morgan fingerprint density at radius 3 is 2.48 bits per heavy atom. The highest BCUT2D eigenvalue weighted by molar-refractivity contribution is 6.48. The molecule has 1 heterocycles. The third-order valence-electron chi connectivity index (χ3n) is 6.82. The number of hydrogen-bond donors (Lipinski definition) is 1. The summed E-state index contributed by atoms with van der Waals surface area (Å²) < 4.78 is 10.6. The monoisotopic (exact) mass is 343 g/mol. The molecule has 2 aliphatic carbocycles. The Morgan fingerprint density at radius 2 is 1.80 bits per heavy atom. The molecule has 132 valence electrons. The van der Waals surface area contributed by atoms with Gasteiger partial charge >= 0.3 is 0 Å². The van der Waals surface area contributed by atoms with Crippen molar-refractivity contribution in [3.63, 3.8) is 0 Å². The van der Waals surface area contributed by atoms with Crippen LogP contribution in [0.25, 0.3) is 0 Å². The van der Waals surface area contributed by atoms with Gasteiger partial charge in [0, 0.05) is 12.0 Å². The fraction of sp³-hybridized carbons (Fsp3) is 0.526. The molecule has 1 aromatic rings. The lowest BCUT2D eigenvalue weighted by Crippen LogP contribution is -2.50. The molecule has 0 spiro atoms. The molecule has 0 aromatic heterocycles. The molecule has 6 heteroatoms. The third kappa shape index (κ3) is 1.77. The van der Waals surface area contributed by atoms with Crippen LogP contribution in [0.5, 0.6) is 11.5 Å². The topological polar surface area (TPSA) is 81.7 Å². The van der Waals surface area contributed by atoms with Crippen LogP contribution in [-0.4, -0.2) is 24.3 Å². The van der Waals surface area contributed by atoms with Crippen LogP contribution in [-0.2, 0) is 20.9 Å². The molecule has 0 saturated heterocycles. The zero-order valence-corrected chi connectivity index (χ0v) is 14.6. The number of fused-ring (bicyclic) bond motifs is 3. The van der Waals surface area contributed by atoms with Crippen molar-refractivity contribution in [2.75, 3.05) is 6.79 Å². The van der Waals surface area contributed by atoms with Gasteiger partial charge in [0.05, 0.1) is 0 Å². The van der Waals surface area contributed by atoms with Crippen molar-refractivity contribution < 1.29 is 23.9 Å². The predicted molar refractivity (Wildman–Crippen MR) is 88.0 cm³/mol. The molecule has 4 rings (SSSR count). The fourth-order valence-corrected chi connectivity index (χ4v) is 4.66. The quantitative estimate of drug-likeness (QED) is 0.670. The highest BCUT2D eigenvalue weighted by atomic mass is 16.7. The molecule has 2 bridgehead atoms. The van der Waals surface area contributed by atoms with E-state index in [0.717, 1.165) is 5.56 Å². The van der Waals surface area contributed by atoms with Crippen molar-refractivity contribution >= 4 is 17.5 Å². The second-order valence-corrected chi connectivity index (χ2v) is 7.89. The minimum atomic E-state index is -1.25. The average molecular weight is 343 g/mol. The molecule has 0 radical (unpaired) electrons. The Labute approximate surface area is 145 Å². The number of carbonyl (C=O) groups excluding carboxylic acids is 3. The number of nitrogens with one attached hydrogen (secondary N) is 1. The van der Waals surface area contributed by atoms with Gasteiger partial charge < -0.3 is 14.8 Å². The van der Waals surface area contributed by atoms with Crippen LogP contribution in [0.1, 0.15) is 39.2 Å². The van der Waals surface area contributed by atoms with Crippen LogP contribution in [0.2, 0.25) is 0 Å². The molecule has 1 N–H and O–H groups in total. The Hall–Kier alpha value is -2.37. The van der Waals surface area contributed by atoms with Crippen molar-refractivity contribution in [3.8, 4) is 11.5 Å². The molecule has 2 atom stereocenters. The summed E-state index contributed by atoms with van der Waals surface area (Å²) in [5.74, 6) is 0.0369. The van der Waals surface area contributed by atoms with E-state index in [1.165, 1.54) is 0 Å². The first kappa shape index (κ1) is 16.1. The number of carbonyl (C=O) groups is 3. The zero-order valence-electron chi connectivity index (χ0n) is 14.6. The first-order valence-corrected chi connectivity index (χ1v) is 8.50. The molecule has 1 aromatic carbocycles. The van der Waals surface area contributed by atoms with E-state index in [9.17, 15) is 14.4 Å². The fourth-order valence-electron chi connectivity index (χ4n) is 4.66. The Balaban J connectivity index is 1.57. The van der Waals surface area contributed by atoms with Gasteiger partial charge in [0.2, 0.25) is 24.3 Å². The second kappa shape index (κ2) is 4.84. The molecule has 25 heavy (non-hydrogen) atoms. The molecule has 6 nitrogen and oxygen atoms in total. The van der Waals surface area contributed by atoms with Crippen molar-refractivity contribution in [1.82, 2.24) is 5.32 Å². The Bertz CT molecular complexity index is 814. The standard InChI is InChI=1S/C19H21NO5/c1-17(2)18(3)6-7-19(17,15(22)14(18)21)16(23)20-9-11-4-5-12-13(8-11)25-10-24-12/h4-5,8H,6-7,9-10H2,1-3H3,(H,20,23)/t18-,19+/m1/s1. The summed E-state index contributed by atoms with van der Waals surface area (Å²) in [6, 6.07) is 5.45. The van der Waals surface area contributed by atoms with E-state index < -0.39 is 27.8 Å². The number of ketones is 2. The number of Topliss-reactive ketones (excluding diaryl/α,β-unsaturated/α-hetero) is 2. The van der Waals surface area contributed by atoms with Gasteiger partial charge in [0.15, 0.2) is 11.5 Å². The van der Waals surface area contributed by atoms with Crippen molar-refractivity contribution in [3.05, 3.63) is 23.8 Å². The number of ether oxygens (including phenoxy) is 2. The summed E-state index contributed by atoms with van der Waals surface area (Å²) >= 11 is 0. The van der Waals surface area contributed by atoms with Gasteiger partial charge in [0.1, 0.15) is 5.41 Å². The predicted octanol–water partition coefficient (Wildman–Crippen LogP) is 2.00. The maximum atomic E-state index is 13.0. The van der Waals surface area contributed by atoms with Gasteiger partial charge in [-0.25, -0.2) is 0 Å². The maximum absolute atomic E-state index is 13.0. The summed E-state index contributed by atoms with van der Waals surface area (Å²) in [6.07, 6.45) is 0.996. The summed E-state index contributed by atoms with van der Waals surface area (Å²) in [5.41, 5.74) is -1.84. The summed E-state index contributed by atoms with van der Waals surface area (Å²) in [5, 5.41) is 2.87. The smallest absolute Gasteiger partial charge is 0.235 e. The summed E-state index contributed by atoms with van der Waals surface area (Å²) in [6.45, 7) is 6.00. The second-order valence-electron chi connectivity index (χ2n) is 7.89. The number of rotatable bonds is 3. The van der Waals surface area contributed by atoms with Gasteiger partial charge in [-0.05, 0) is 36.0 Å². The van der Waals surface area contributed by atoms with Gasteiger partial charge in [-0.15, -0.1) is 0 Å². The molecule has 3 aliphatic rings. The van der Waals surface area contributed by atoms with Crippen LogP contribution in [0.3, 0.4) is 0 Å². The minimum absolute atomic E-state index is 0.192. The van der Waals surface area contributed by atoms with E-state index >= 15 is 0 Å². The minimum Gasteiger partial charge on any atom is -0.454 e. The number of benzene rings is 1. The molecule has 1 aliphatic heterocycles. The first-order chi connectivity index (χ1) is 11.7. The van der Waals surface area contributed by atoms with E-state index in [0.29, 0.717) is 24.3 Å². The lowest BCUT2D eigenvalue weighted by molar-refractivity contribution is -0.149. The lowest BCUT2D eigenvalue weighted by Gasteiger charge is -2.37. The zero-order chi connectivity index (χ0) is 18.0. The van der Waals surface area contributed by atoms with E-state index in [-0.39, 0.29) is 19.2 Å². The van der Waals surface area contributed by atoms with E-state index in [1.54, 1.807) is 6.07 Å². The molecule has 1 amide bonds. The molecule has 2 fully saturated rings. The van der Waals surface area contributed by atoms with Crippen molar-refractivity contribution in [2.24, 2.45) is 16.2 Å². The van der Waals surface area contributed by atoms with Gasteiger partial charge in [-0.3, -0.25) is 14.4 Å². The number of amides is 1. The van der Waals surface area contributed by atoms with Gasteiger partial charge in [-0.2, -0.15) is 0 Å². The Kier molecular flexibility index (Phi) is 3.12. The average Bonchev–Trinajstić information content (AvgIpc) is 3.15. The molecule has 0 unspecified atom stereocenters. The molecular weight excluding hydrogens is 322 g/mol. The normalized spacial score (nSPS) is 31.5. The van der Waals surface area contributed by atoms with Crippen LogP contribution < -0.4 is 14.8 Å². The first-order valence-electron chi connectivity index (χ1n) is 8.50. The maximum Gasteiger partial charge on any atom is 0.235 e. The van der Waals surface area contributed by atoms with E-state index in [2.05, 4.69) is 5.32 Å². The van der Waals surface area contributed by atoms with Crippen molar-refractivity contribution in [2.45, 2.75) is 40.2 Å². The third-order valence-corrected chi connectivity index (χ3v) is 6.82. The highest BCUT2D eigenvalue weighted by Gasteiger charge is 2.77. The SMILES string of the molecule is CC1(C)[C@@]2(C(=O)NCc3ccc4c(c3)OCO4)CC[C@]1(C)C(=O)C2=O. The largest absolute Gasteiger partial charge is 0.454 e. The molecular formula is C19H21NO5. The Morgan fingerprint density at radius 1 is 1.08 bits per heavy atom. The lowest BCUT2D eigenvalue weighted by atomic mass is 9.64. The van der Waals surface area contributed by atoms with Crippen LogP contribution in [0.15, 0.2) is 18.2 Å². The summed E-state index contributed by atoms with van der Waals surface area (Å²) in [7, 11) is 0. The van der Waals surface area contributed by atoms with Crippen molar-refractivity contribution in [1.29, 1.82) is 0 Å². The van der Waals surface area contributed by atoms with Crippen LogP contribution in [0.4, 0.5) is 0 Å². The van der Waals surface area contributed by atoms with Gasteiger partial charge in [-0.1, -0.05) is 26.8 Å². The summed E-state index contributed by atoms with van der Waals surface area (Å²) in [4.78, 5) is 38.1. The molecule has 2 saturated carbocycles. The van der Waals surface area contributed by atoms with E-state index in [1.807, 2.05) is 32.9 Å². The number of hydrogen-bond acceptors (Lipinski definition) is 5. The van der Waals surface area contributed by atoms with E-state index in [4.69, 9.17) is 9.47 Å². The highest BCUT2D eigenvalue weighted by Crippen LogP contribution is 2.68.